The van der Waals surface area contributed by atoms with Crippen molar-refractivity contribution in [3.8, 4) is 11.5 Å². The van der Waals surface area contributed by atoms with E-state index in [1.807, 2.05) is 31.2 Å². The molecule has 28 heavy (non-hydrogen) atoms. The number of oxazole rings is 1. The summed E-state index contributed by atoms with van der Waals surface area (Å²) in [6.07, 6.45) is 1.45. The molecule has 1 aliphatic rings. The number of aryl methyl sites for hydroxylation is 1. The molecule has 1 atom stereocenters. The fourth-order valence-electron chi connectivity index (χ4n) is 3.19. The summed E-state index contributed by atoms with van der Waals surface area (Å²) < 4.78 is 5.50. The first kappa shape index (κ1) is 18.3. The van der Waals surface area contributed by atoms with Crippen LogP contribution in [-0.2, 0) is 16.9 Å². The van der Waals surface area contributed by atoms with Gasteiger partial charge in [0.2, 0.25) is 5.89 Å². The Morgan fingerprint density at radius 1 is 1.11 bits per heavy atom. The average Bonchev–Trinajstić information content (AvgIpc) is 3.22. The lowest BCUT2D eigenvalue weighted by Gasteiger charge is -2.22. The smallest absolute Gasteiger partial charge is 0.325 e. The van der Waals surface area contributed by atoms with Crippen molar-refractivity contribution in [3.05, 3.63) is 76.6 Å². The van der Waals surface area contributed by atoms with Crippen LogP contribution in [0.3, 0.4) is 0 Å². The molecule has 1 aliphatic heterocycles. The second-order valence-electron chi connectivity index (χ2n) is 6.96. The summed E-state index contributed by atoms with van der Waals surface area (Å²) in [5.74, 6) is 0.0809. The number of aromatic nitrogens is 1. The molecule has 4 rings (SSSR count). The van der Waals surface area contributed by atoms with Gasteiger partial charge in [-0.2, -0.15) is 0 Å². The highest BCUT2D eigenvalue weighted by atomic mass is 35.5. The molecule has 1 unspecified atom stereocenters. The molecule has 0 aliphatic carbocycles. The van der Waals surface area contributed by atoms with Crippen molar-refractivity contribution in [3.63, 3.8) is 0 Å². The zero-order valence-electron chi connectivity index (χ0n) is 15.4. The number of rotatable bonds is 4. The van der Waals surface area contributed by atoms with Crippen molar-refractivity contribution in [2.45, 2.75) is 25.9 Å². The van der Waals surface area contributed by atoms with E-state index >= 15 is 0 Å². The molecule has 1 fully saturated rings. The predicted molar refractivity (Wildman–Crippen MR) is 105 cm³/mol. The number of nitrogens with one attached hydrogen (secondary N) is 1. The lowest BCUT2D eigenvalue weighted by atomic mass is 9.91. The molecule has 2 aromatic carbocycles. The minimum absolute atomic E-state index is 0.0310. The summed E-state index contributed by atoms with van der Waals surface area (Å²) >= 11 is 5.90. The van der Waals surface area contributed by atoms with Crippen LogP contribution in [0.2, 0.25) is 5.02 Å². The number of imide groups is 1. The molecule has 3 aromatic rings. The number of urea groups is 1. The number of amides is 3. The maximum absolute atomic E-state index is 13.0. The third kappa shape index (κ3) is 3.16. The molecule has 142 valence electrons. The summed E-state index contributed by atoms with van der Waals surface area (Å²) in [6.45, 7) is 3.71. The van der Waals surface area contributed by atoms with E-state index in [1.165, 1.54) is 6.26 Å². The summed E-state index contributed by atoms with van der Waals surface area (Å²) in [7, 11) is 0. The summed E-state index contributed by atoms with van der Waals surface area (Å²) in [5.41, 5.74) is 1.96. The van der Waals surface area contributed by atoms with Crippen molar-refractivity contribution in [1.82, 2.24) is 15.2 Å². The van der Waals surface area contributed by atoms with Crippen LogP contribution in [0.5, 0.6) is 0 Å². The highest BCUT2D eigenvalue weighted by molar-refractivity contribution is 6.30. The molecule has 7 heteroatoms. The number of hydrogen-bond donors (Lipinski definition) is 1. The molecule has 1 aromatic heterocycles. The van der Waals surface area contributed by atoms with Crippen molar-refractivity contribution < 1.29 is 14.0 Å². The number of carbonyl (C=O) groups is 2. The Balaban J connectivity index is 1.55. The molecular weight excluding hydrogens is 378 g/mol. The summed E-state index contributed by atoms with van der Waals surface area (Å²) in [5, 5.41) is 3.41. The normalized spacial score (nSPS) is 19.2. The number of carbonyl (C=O) groups excluding carboxylic acids is 2. The van der Waals surface area contributed by atoms with Crippen LogP contribution in [-0.4, -0.2) is 21.8 Å². The van der Waals surface area contributed by atoms with Gasteiger partial charge in [0.1, 0.15) is 11.8 Å². The number of benzene rings is 2. The van der Waals surface area contributed by atoms with E-state index in [-0.39, 0.29) is 12.5 Å². The molecule has 6 nitrogen and oxygen atoms in total. The van der Waals surface area contributed by atoms with Gasteiger partial charge in [-0.25, -0.2) is 9.78 Å². The third-order valence-corrected chi connectivity index (χ3v) is 5.12. The van der Waals surface area contributed by atoms with Crippen molar-refractivity contribution >= 4 is 23.5 Å². The number of hydrogen-bond acceptors (Lipinski definition) is 4. The standard InChI is InChI=1S/C21H18ClN3O3/c1-13-3-7-15(8-4-13)21(2)19(26)25(20(27)24-21)11-17-12-28-18(23-17)14-5-9-16(22)10-6-14/h3-10,12H,11H2,1-2H3,(H,24,27). The van der Waals surface area contributed by atoms with E-state index in [0.29, 0.717) is 16.6 Å². The SMILES string of the molecule is Cc1ccc(C2(C)NC(=O)N(Cc3coc(-c4ccc(Cl)cc4)n3)C2=O)cc1. The van der Waals surface area contributed by atoms with Crippen LogP contribution in [0.25, 0.3) is 11.5 Å². The Morgan fingerprint density at radius 2 is 1.79 bits per heavy atom. The topological polar surface area (TPSA) is 75.4 Å². The zero-order valence-corrected chi connectivity index (χ0v) is 16.2. The van der Waals surface area contributed by atoms with E-state index in [4.69, 9.17) is 16.0 Å². The first-order chi connectivity index (χ1) is 13.4. The number of halogens is 1. The Kier molecular flexibility index (Phi) is 4.43. The van der Waals surface area contributed by atoms with E-state index in [1.54, 1.807) is 31.2 Å². The van der Waals surface area contributed by atoms with Gasteiger partial charge in [0.15, 0.2) is 0 Å². The first-order valence-corrected chi connectivity index (χ1v) is 9.16. The second-order valence-corrected chi connectivity index (χ2v) is 7.40. The molecule has 3 amide bonds. The van der Waals surface area contributed by atoms with E-state index in [2.05, 4.69) is 10.3 Å². The zero-order chi connectivity index (χ0) is 19.9. The first-order valence-electron chi connectivity index (χ1n) is 8.78. The largest absolute Gasteiger partial charge is 0.444 e. The summed E-state index contributed by atoms with van der Waals surface area (Å²) in [4.78, 5) is 31.0. The van der Waals surface area contributed by atoms with Crippen LogP contribution < -0.4 is 5.32 Å². The minimum Gasteiger partial charge on any atom is -0.444 e. The van der Waals surface area contributed by atoms with E-state index in [0.717, 1.165) is 21.6 Å². The monoisotopic (exact) mass is 395 g/mol. The average molecular weight is 396 g/mol. The van der Waals surface area contributed by atoms with Gasteiger partial charge in [0, 0.05) is 10.6 Å². The molecule has 2 heterocycles. The second kappa shape index (κ2) is 6.80. The van der Waals surface area contributed by atoms with Gasteiger partial charge in [-0.15, -0.1) is 0 Å². The van der Waals surface area contributed by atoms with Crippen LogP contribution in [0.1, 0.15) is 23.7 Å². The maximum atomic E-state index is 13.0. The van der Waals surface area contributed by atoms with Crippen LogP contribution in [0.15, 0.2) is 59.2 Å². The Hall–Kier alpha value is -3.12. The van der Waals surface area contributed by atoms with Gasteiger partial charge < -0.3 is 9.73 Å². The lowest BCUT2D eigenvalue weighted by Crippen LogP contribution is -2.40. The molecule has 0 spiro atoms. The van der Waals surface area contributed by atoms with Crippen LogP contribution >= 0.6 is 11.6 Å². The quantitative estimate of drug-likeness (QED) is 0.669. The molecule has 1 N–H and O–H groups in total. The molecular formula is C21H18ClN3O3. The van der Waals surface area contributed by atoms with Crippen molar-refractivity contribution in [2.75, 3.05) is 0 Å². The Bertz CT molecular complexity index is 1040. The van der Waals surface area contributed by atoms with Crippen LogP contribution in [0, 0.1) is 6.92 Å². The van der Waals surface area contributed by atoms with E-state index in [9.17, 15) is 9.59 Å². The summed E-state index contributed by atoms with van der Waals surface area (Å²) in [6, 6.07) is 14.1. The van der Waals surface area contributed by atoms with Gasteiger partial charge >= 0.3 is 6.03 Å². The Labute approximate surface area is 167 Å². The molecule has 0 radical (unpaired) electrons. The van der Waals surface area contributed by atoms with E-state index < -0.39 is 11.6 Å². The van der Waals surface area contributed by atoms with Gasteiger partial charge in [-0.3, -0.25) is 9.69 Å². The fraction of sp³-hybridized carbons (Fsp3) is 0.190. The highest BCUT2D eigenvalue weighted by Gasteiger charge is 2.49. The highest BCUT2D eigenvalue weighted by Crippen LogP contribution is 2.30. The predicted octanol–water partition coefficient (Wildman–Crippen LogP) is 4.27. The van der Waals surface area contributed by atoms with Gasteiger partial charge in [-0.05, 0) is 43.7 Å². The molecule has 0 saturated carbocycles. The number of nitrogens with zero attached hydrogens (tertiary/aromatic N) is 2. The van der Waals surface area contributed by atoms with Crippen molar-refractivity contribution in [1.29, 1.82) is 0 Å². The molecule has 1 saturated heterocycles. The van der Waals surface area contributed by atoms with Crippen molar-refractivity contribution in [2.24, 2.45) is 0 Å². The lowest BCUT2D eigenvalue weighted by molar-refractivity contribution is -0.131. The third-order valence-electron chi connectivity index (χ3n) is 4.87. The van der Waals surface area contributed by atoms with Gasteiger partial charge in [0.05, 0.1) is 12.2 Å². The molecule has 0 bridgehead atoms. The minimum atomic E-state index is -1.10. The van der Waals surface area contributed by atoms with Gasteiger partial charge in [-0.1, -0.05) is 41.4 Å². The fourth-order valence-corrected chi connectivity index (χ4v) is 3.32. The Morgan fingerprint density at radius 3 is 2.46 bits per heavy atom. The van der Waals surface area contributed by atoms with Gasteiger partial charge in [0.25, 0.3) is 5.91 Å². The van der Waals surface area contributed by atoms with Crippen LogP contribution in [0.4, 0.5) is 4.79 Å². The maximum Gasteiger partial charge on any atom is 0.325 e.